The highest BCUT2D eigenvalue weighted by molar-refractivity contribution is 5.89. The van der Waals surface area contributed by atoms with Gasteiger partial charge in [0.25, 0.3) is 0 Å². The van der Waals surface area contributed by atoms with Crippen LogP contribution in [0.2, 0.25) is 0 Å². The van der Waals surface area contributed by atoms with E-state index in [1.165, 1.54) is 30.5 Å². The van der Waals surface area contributed by atoms with E-state index in [0.717, 1.165) is 23.9 Å². The van der Waals surface area contributed by atoms with Crippen molar-refractivity contribution in [3.05, 3.63) is 34.7 Å². The summed E-state index contributed by atoms with van der Waals surface area (Å²) in [7, 11) is 0. The molecule has 0 spiro atoms. The highest BCUT2D eigenvalue weighted by atomic mass is 16.2. The first kappa shape index (κ1) is 16.1. The molecule has 0 radical (unpaired) electrons. The number of carbonyl (C=O) groups excluding carboxylic acids is 1. The Balaban J connectivity index is 1.43. The van der Waals surface area contributed by atoms with Gasteiger partial charge in [0.15, 0.2) is 0 Å². The highest BCUT2D eigenvalue weighted by Gasteiger charge is 2.55. The number of carbonyl (C=O) groups is 1. The summed E-state index contributed by atoms with van der Waals surface area (Å²) in [5.74, 6) is 1.62. The van der Waals surface area contributed by atoms with Crippen molar-refractivity contribution in [2.75, 3.05) is 26.2 Å². The first-order valence-electron chi connectivity index (χ1n) is 9.70. The van der Waals surface area contributed by atoms with Crippen LogP contribution in [0.15, 0.2) is 29.1 Å². The van der Waals surface area contributed by atoms with Gasteiger partial charge in [-0.3, -0.25) is 4.57 Å². The molecule has 2 unspecified atom stereocenters. The van der Waals surface area contributed by atoms with Crippen molar-refractivity contribution in [3.63, 3.8) is 0 Å². The number of hydrogen-bond donors (Lipinski definition) is 1. The van der Waals surface area contributed by atoms with Gasteiger partial charge >= 0.3 is 11.7 Å². The topological polar surface area (TPSA) is 59.3 Å². The van der Waals surface area contributed by atoms with Gasteiger partial charge in [0.05, 0.1) is 11.0 Å². The summed E-state index contributed by atoms with van der Waals surface area (Å²) in [4.78, 5) is 28.4. The van der Waals surface area contributed by atoms with Crippen LogP contribution in [0.25, 0.3) is 11.0 Å². The second-order valence-electron chi connectivity index (χ2n) is 8.85. The fourth-order valence-corrected chi connectivity index (χ4v) is 5.84. The van der Waals surface area contributed by atoms with Crippen molar-refractivity contribution < 1.29 is 4.79 Å². The van der Waals surface area contributed by atoms with E-state index in [1.807, 2.05) is 38.1 Å². The molecule has 1 N–H and O–H groups in total. The molecule has 3 aliphatic heterocycles. The Hall–Kier alpha value is -2.08. The van der Waals surface area contributed by atoms with Crippen LogP contribution >= 0.6 is 0 Å². The number of fused-ring (bicyclic) bond motifs is 1. The molecule has 4 fully saturated rings. The molecule has 2 aromatic rings. The molecule has 6 nitrogen and oxygen atoms in total. The van der Waals surface area contributed by atoms with E-state index in [-0.39, 0.29) is 23.2 Å². The molecule has 6 heteroatoms. The molecule has 1 amide bonds. The number of nitrogens with one attached hydrogen (secondary N) is 1. The fraction of sp³-hybridized carbons (Fsp3) is 0.600. The van der Waals surface area contributed by atoms with Crippen molar-refractivity contribution in [1.29, 1.82) is 0 Å². The molecule has 1 saturated carbocycles. The summed E-state index contributed by atoms with van der Waals surface area (Å²) < 4.78 is 3.00. The maximum atomic E-state index is 12.9. The molecule has 4 atom stereocenters. The number of nitrogens with zero attached hydrogens (tertiary/aromatic N) is 3. The Morgan fingerprint density at radius 2 is 1.85 bits per heavy atom. The zero-order valence-corrected chi connectivity index (χ0v) is 15.4. The standard InChI is InChI=1S/C20H26N4O2/c1-13(2)23-16-5-3-4-6-17(16)24(19(23)26)18(25)21-11-20-7-14-9-22(12-20)10-15(14)8-20/h3-6,13-15H,7-12H2,1-2H3,(H,21,25)/t14-,15+,20?. The van der Waals surface area contributed by atoms with Crippen molar-refractivity contribution in [2.24, 2.45) is 17.3 Å². The van der Waals surface area contributed by atoms with Crippen molar-refractivity contribution in [2.45, 2.75) is 32.7 Å². The SMILES string of the molecule is CC(C)n1c(=O)n(C(=O)NCC23C[C@H]4CN(C[C@H]4C2)C3)c2ccccc21. The van der Waals surface area contributed by atoms with Gasteiger partial charge in [0.2, 0.25) is 0 Å². The van der Waals surface area contributed by atoms with E-state index >= 15 is 0 Å². The van der Waals surface area contributed by atoms with E-state index in [9.17, 15) is 9.59 Å². The third-order valence-corrected chi connectivity index (χ3v) is 6.72. The number of aromatic nitrogens is 2. The van der Waals surface area contributed by atoms with E-state index in [0.29, 0.717) is 12.1 Å². The molecule has 138 valence electrons. The van der Waals surface area contributed by atoms with Gasteiger partial charge in [0, 0.05) is 37.6 Å². The van der Waals surface area contributed by atoms with Crippen LogP contribution < -0.4 is 11.0 Å². The lowest BCUT2D eigenvalue weighted by atomic mass is 9.81. The van der Waals surface area contributed by atoms with Crippen molar-refractivity contribution >= 4 is 17.1 Å². The van der Waals surface area contributed by atoms with Gasteiger partial charge in [-0.2, -0.15) is 0 Å². The van der Waals surface area contributed by atoms with Gasteiger partial charge in [-0.25, -0.2) is 14.2 Å². The molecule has 4 heterocycles. The smallest absolute Gasteiger partial charge is 0.337 e. The minimum absolute atomic E-state index is 0.00823. The normalized spacial score (nSPS) is 32.0. The zero-order chi connectivity index (χ0) is 18.1. The third kappa shape index (κ3) is 2.21. The van der Waals surface area contributed by atoms with E-state index in [1.54, 1.807) is 4.57 Å². The zero-order valence-electron chi connectivity index (χ0n) is 15.4. The summed E-state index contributed by atoms with van der Waals surface area (Å²) >= 11 is 0. The molecule has 3 saturated heterocycles. The molecule has 1 aromatic carbocycles. The van der Waals surface area contributed by atoms with Crippen molar-refractivity contribution in [3.8, 4) is 0 Å². The Morgan fingerprint density at radius 1 is 1.19 bits per heavy atom. The van der Waals surface area contributed by atoms with Gasteiger partial charge in [-0.05, 0) is 50.7 Å². The largest absolute Gasteiger partial charge is 0.337 e. The first-order valence-corrected chi connectivity index (χ1v) is 9.70. The van der Waals surface area contributed by atoms with Crippen LogP contribution in [0.1, 0.15) is 32.7 Å². The number of amides is 1. The maximum Gasteiger partial charge on any atom is 0.337 e. The van der Waals surface area contributed by atoms with Crippen LogP contribution in [0.5, 0.6) is 0 Å². The Kier molecular flexibility index (Phi) is 3.38. The van der Waals surface area contributed by atoms with Crippen LogP contribution in [0, 0.1) is 17.3 Å². The number of para-hydroxylation sites is 2. The first-order chi connectivity index (χ1) is 12.5. The molecule has 4 aliphatic rings. The van der Waals surface area contributed by atoms with E-state index in [2.05, 4.69) is 10.2 Å². The fourth-order valence-electron chi connectivity index (χ4n) is 5.84. The second-order valence-corrected chi connectivity index (χ2v) is 8.85. The number of rotatable bonds is 3. The summed E-state index contributed by atoms with van der Waals surface area (Å²) in [6, 6.07) is 7.25. The highest BCUT2D eigenvalue weighted by Crippen LogP contribution is 2.54. The molecule has 26 heavy (non-hydrogen) atoms. The predicted octanol–water partition coefficient (Wildman–Crippen LogP) is 2.28. The monoisotopic (exact) mass is 354 g/mol. The minimum Gasteiger partial charge on any atom is -0.337 e. The Bertz CT molecular complexity index is 921. The molecule has 1 aromatic heterocycles. The van der Waals surface area contributed by atoms with Gasteiger partial charge < -0.3 is 10.2 Å². The van der Waals surface area contributed by atoms with Crippen LogP contribution in [0.3, 0.4) is 0 Å². The van der Waals surface area contributed by atoms with Crippen LogP contribution in [-0.2, 0) is 0 Å². The van der Waals surface area contributed by atoms with E-state index in [4.69, 9.17) is 0 Å². The van der Waals surface area contributed by atoms with Gasteiger partial charge in [-0.15, -0.1) is 0 Å². The second kappa shape index (κ2) is 5.46. The third-order valence-electron chi connectivity index (χ3n) is 6.72. The number of benzene rings is 1. The van der Waals surface area contributed by atoms with Crippen molar-refractivity contribution in [1.82, 2.24) is 19.4 Å². The summed E-state index contributed by atoms with van der Waals surface area (Å²) in [6.07, 6.45) is 2.44. The lowest BCUT2D eigenvalue weighted by molar-refractivity contribution is 0.101. The molecular weight excluding hydrogens is 328 g/mol. The number of hydrogen-bond acceptors (Lipinski definition) is 3. The lowest BCUT2D eigenvalue weighted by Gasteiger charge is -2.40. The molecule has 1 aliphatic carbocycles. The Labute approximate surface area is 152 Å². The molecular formula is C20H26N4O2. The molecule has 4 bridgehead atoms. The molecule has 6 rings (SSSR count). The quantitative estimate of drug-likeness (QED) is 0.920. The number of imidazole rings is 1. The Morgan fingerprint density at radius 3 is 2.46 bits per heavy atom. The lowest BCUT2D eigenvalue weighted by Crippen LogP contribution is -2.50. The predicted molar refractivity (Wildman–Crippen MR) is 100 cm³/mol. The van der Waals surface area contributed by atoms with Gasteiger partial charge in [-0.1, -0.05) is 12.1 Å². The summed E-state index contributed by atoms with van der Waals surface area (Å²) in [5.41, 5.74) is 1.45. The van der Waals surface area contributed by atoms with Crippen LogP contribution in [-0.4, -0.2) is 46.2 Å². The average molecular weight is 354 g/mol. The number of piperidine rings is 2. The minimum atomic E-state index is -0.294. The van der Waals surface area contributed by atoms with E-state index < -0.39 is 0 Å². The van der Waals surface area contributed by atoms with Crippen LogP contribution in [0.4, 0.5) is 4.79 Å². The van der Waals surface area contributed by atoms with Gasteiger partial charge in [0.1, 0.15) is 0 Å². The summed E-state index contributed by atoms with van der Waals surface area (Å²) in [6.45, 7) is 8.17. The summed E-state index contributed by atoms with van der Waals surface area (Å²) in [5, 5.41) is 3.10. The average Bonchev–Trinajstić information content (AvgIpc) is 3.14. The maximum absolute atomic E-state index is 12.9.